The van der Waals surface area contributed by atoms with Crippen LogP contribution in [0.3, 0.4) is 0 Å². The Balaban J connectivity index is 1.88. The maximum atomic E-state index is 11.6. The number of nitrogens with one attached hydrogen (secondary N) is 1. The van der Waals surface area contributed by atoms with Crippen molar-refractivity contribution in [2.24, 2.45) is 0 Å². The summed E-state index contributed by atoms with van der Waals surface area (Å²) in [7, 11) is 0. The number of carbonyl (C=O) groups is 1. The van der Waals surface area contributed by atoms with Crippen molar-refractivity contribution in [1.29, 1.82) is 0 Å². The summed E-state index contributed by atoms with van der Waals surface area (Å²) in [6.07, 6.45) is 3.69. The van der Waals surface area contributed by atoms with Gasteiger partial charge in [-0.1, -0.05) is 5.16 Å². The summed E-state index contributed by atoms with van der Waals surface area (Å²) in [5.74, 6) is 0.785. The number of aromatic nitrogens is 1. The lowest BCUT2D eigenvalue weighted by atomic mass is 10.2. The van der Waals surface area contributed by atoms with Gasteiger partial charge in [0.2, 0.25) is 5.76 Å². The van der Waals surface area contributed by atoms with E-state index in [0.717, 1.165) is 5.76 Å². The molecule has 5 heteroatoms. The topological polar surface area (TPSA) is 68.3 Å². The zero-order chi connectivity index (χ0) is 11.4. The predicted octanol–water partition coefficient (Wildman–Crippen LogP) is 1.63. The highest BCUT2D eigenvalue weighted by Gasteiger charge is 2.13. The Kier molecular flexibility index (Phi) is 3.05. The molecule has 0 aliphatic rings. The van der Waals surface area contributed by atoms with Gasteiger partial charge in [-0.15, -0.1) is 0 Å². The molecule has 0 aliphatic heterocycles. The Morgan fingerprint density at radius 1 is 1.56 bits per heavy atom. The van der Waals surface area contributed by atoms with E-state index in [2.05, 4.69) is 10.5 Å². The predicted molar refractivity (Wildman–Crippen MR) is 55.8 cm³/mol. The molecular formula is C11H12N2O3. The summed E-state index contributed by atoms with van der Waals surface area (Å²) in [5.41, 5.74) is 0. The fraction of sp³-hybridized carbons (Fsp3) is 0.273. The average Bonchev–Trinajstić information content (AvgIpc) is 2.88. The van der Waals surface area contributed by atoms with E-state index in [1.807, 2.05) is 19.1 Å². The van der Waals surface area contributed by atoms with Gasteiger partial charge in [-0.2, -0.15) is 0 Å². The lowest BCUT2D eigenvalue weighted by molar-refractivity contribution is 0.0902. The van der Waals surface area contributed by atoms with Crippen LogP contribution in [0.25, 0.3) is 0 Å². The molecule has 0 saturated carbocycles. The summed E-state index contributed by atoms with van der Waals surface area (Å²) < 4.78 is 9.94. The molecule has 1 amide bonds. The van der Waals surface area contributed by atoms with Gasteiger partial charge >= 0.3 is 0 Å². The second-order valence-electron chi connectivity index (χ2n) is 3.53. The van der Waals surface area contributed by atoms with E-state index in [-0.39, 0.29) is 17.7 Å². The van der Waals surface area contributed by atoms with Crippen LogP contribution in [0.2, 0.25) is 0 Å². The quantitative estimate of drug-likeness (QED) is 0.850. The maximum absolute atomic E-state index is 11.6. The first-order valence-corrected chi connectivity index (χ1v) is 4.99. The number of amides is 1. The monoisotopic (exact) mass is 220 g/mol. The SMILES string of the molecule is C[C@H](Cc1ccco1)NC(=O)c1ccno1. The molecule has 84 valence electrons. The van der Waals surface area contributed by atoms with E-state index in [1.54, 1.807) is 6.26 Å². The molecule has 5 nitrogen and oxygen atoms in total. The molecule has 0 fully saturated rings. The smallest absolute Gasteiger partial charge is 0.290 e. The van der Waals surface area contributed by atoms with Crippen LogP contribution in [0.15, 0.2) is 39.6 Å². The van der Waals surface area contributed by atoms with E-state index in [9.17, 15) is 4.79 Å². The molecule has 2 aromatic heterocycles. The summed E-state index contributed by atoms with van der Waals surface area (Å²) >= 11 is 0. The summed E-state index contributed by atoms with van der Waals surface area (Å²) in [5, 5.41) is 6.26. The molecule has 1 atom stereocenters. The standard InChI is InChI=1S/C11H12N2O3/c1-8(7-9-3-2-6-15-9)13-11(14)10-4-5-12-16-10/h2-6,8H,7H2,1H3,(H,13,14)/t8-/m1/s1. The number of nitrogens with zero attached hydrogens (tertiary/aromatic N) is 1. The third kappa shape index (κ3) is 2.50. The number of hydrogen-bond acceptors (Lipinski definition) is 4. The van der Waals surface area contributed by atoms with Crippen LogP contribution in [0.5, 0.6) is 0 Å². The Hall–Kier alpha value is -2.04. The molecule has 0 radical (unpaired) electrons. The number of hydrogen-bond donors (Lipinski definition) is 1. The van der Waals surface area contributed by atoms with Crippen LogP contribution < -0.4 is 5.32 Å². The largest absolute Gasteiger partial charge is 0.469 e. The minimum atomic E-state index is -0.267. The Labute approximate surface area is 92.4 Å². The molecular weight excluding hydrogens is 208 g/mol. The number of furan rings is 1. The van der Waals surface area contributed by atoms with Gasteiger partial charge in [-0.3, -0.25) is 4.79 Å². The first-order valence-electron chi connectivity index (χ1n) is 4.99. The fourth-order valence-corrected chi connectivity index (χ4v) is 1.41. The van der Waals surface area contributed by atoms with Crippen LogP contribution in [-0.4, -0.2) is 17.1 Å². The fourth-order valence-electron chi connectivity index (χ4n) is 1.41. The summed E-state index contributed by atoms with van der Waals surface area (Å²) in [6, 6.07) is 5.19. The average molecular weight is 220 g/mol. The molecule has 2 rings (SSSR count). The highest BCUT2D eigenvalue weighted by Crippen LogP contribution is 2.05. The van der Waals surface area contributed by atoms with Crippen LogP contribution in [-0.2, 0) is 6.42 Å². The number of rotatable bonds is 4. The van der Waals surface area contributed by atoms with Crippen molar-refractivity contribution in [3.05, 3.63) is 42.2 Å². The summed E-state index contributed by atoms with van der Waals surface area (Å²) in [6.45, 7) is 1.90. The molecule has 0 aromatic carbocycles. The van der Waals surface area contributed by atoms with Gasteiger partial charge in [-0.05, 0) is 19.1 Å². The molecule has 2 heterocycles. The van der Waals surface area contributed by atoms with Crippen LogP contribution in [0.1, 0.15) is 23.2 Å². The zero-order valence-corrected chi connectivity index (χ0v) is 8.84. The van der Waals surface area contributed by atoms with E-state index in [1.165, 1.54) is 12.3 Å². The molecule has 1 N–H and O–H groups in total. The van der Waals surface area contributed by atoms with Crippen LogP contribution in [0.4, 0.5) is 0 Å². The van der Waals surface area contributed by atoms with Gasteiger partial charge in [-0.25, -0.2) is 0 Å². The lowest BCUT2D eigenvalue weighted by Gasteiger charge is -2.10. The normalized spacial score (nSPS) is 12.3. The summed E-state index contributed by atoms with van der Waals surface area (Å²) in [4.78, 5) is 11.6. The maximum Gasteiger partial charge on any atom is 0.290 e. The lowest BCUT2D eigenvalue weighted by Crippen LogP contribution is -2.33. The van der Waals surface area contributed by atoms with E-state index >= 15 is 0 Å². The van der Waals surface area contributed by atoms with Gasteiger partial charge < -0.3 is 14.3 Å². The third-order valence-electron chi connectivity index (χ3n) is 2.13. The zero-order valence-electron chi connectivity index (χ0n) is 8.84. The van der Waals surface area contributed by atoms with Crippen LogP contribution in [0, 0.1) is 0 Å². The van der Waals surface area contributed by atoms with E-state index in [0.29, 0.717) is 6.42 Å². The third-order valence-corrected chi connectivity index (χ3v) is 2.13. The number of carbonyl (C=O) groups excluding carboxylic acids is 1. The minimum absolute atomic E-state index is 0.0243. The van der Waals surface area contributed by atoms with Crippen molar-refractivity contribution in [2.45, 2.75) is 19.4 Å². The Morgan fingerprint density at radius 3 is 3.06 bits per heavy atom. The minimum Gasteiger partial charge on any atom is -0.469 e. The van der Waals surface area contributed by atoms with Crippen molar-refractivity contribution in [2.75, 3.05) is 0 Å². The van der Waals surface area contributed by atoms with Crippen LogP contribution >= 0.6 is 0 Å². The highest BCUT2D eigenvalue weighted by molar-refractivity contribution is 5.91. The van der Waals surface area contributed by atoms with Crippen molar-refractivity contribution in [3.8, 4) is 0 Å². The van der Waals surface area contributed by atoms with Crippen molar-refractivity contribution in [1.82, 2.24) is 10.5 Å². The van der Waals surface area contributed by atoms with Gasteiger partial charge in [0.25, 0.3) is 5.91 Å². The van der Waals surface area contributed by atoms with Crippen molar-refractivity contribution < 1.29 is 13.7 Å². The first-order chi connectivity index (χ1) is 7.75. The first kappa shape index (κ1) is 10.5. The second kappa shape index (κ2) is 4.65. The van der Waals surface area contributed by atoms with Gasteiger partial charge in [0.05, 0.1) is 12.5 Å². The van der Waals surface area contributed by atoms with Gasteiger partial charge in [0.15, 0.2) is 0 Å². The molecule has 0 spiro atoms. The second-order valence-corrected chi connectivity index (χ2v) is 3.53. The van der Waals surface area contributed by atoms with E-state index in [4.69, 9.17) is 8.94 Å². The Bertz CT molecular complexity index is 434. The molecule has 2 aromatic rings. The van der Waals surface area contributed by atoms with Crippen molar-refractivity contribution >= 4 is 5.91 Å². The van der Waals surface area contributed by atoms with Crippen molar-refractivity contribution in [3.63, 3.8) is 0 Å². The van der Waals surface area contributed by atoms with Gasteiger partial charge in [0, 0.05) is 18.5 Å². The molecule has 16 heavy (non-hydrogen) atoms. The highest BCUT2D eigenvalue weighted by atomic mass is 16.5. The molecule has 0 unspecified atom stereocenters. The molecule has 0 bridgehead atoms. The molecule has 0 saturated heterocycles. The van der Waals surface area contributed by atoms with Gasteiger partial charge in [0.1, 0.15) is 5.76 Å². The Morgan fingerprint density at radius 2 is 2.44 bits per heavy atom. The van der Waals surface area contributed by atoms with E-state index < -0.39 is 0 Å². The molecule has 0 aliphatic carbocycles.